The molecule has 2 rings (SSSR count). The Morgan fingerprint density at radius 2 is 2.33 bits per heavy atom. The SMILES string of the molecule is COC(=O)c1ccc(C)c(CC2CO2)c1. The highest BCUT2D eigenvalue weighted by molar-refractivity contribution is 5.89. The second-order valence-corrected chi connectivity index (χ2v) is 3.79. The normalized spacial score (nSPS) is 18.7. The van der Waals surface area contributed by atoms with Crippen molar-refractivity contribution in [3.05, 3.63) is 34.9 Å². The Balaban J connectivity index is 2.22. The van der Waals surface area contributed by atoms with Crippen LogP contribution in [0.4, 0.5) is 0 Å². The molecule has 1 atom stereocenters. The predicted molar refractivity (Wildman–Crippen MR) is 56.0 cm³/mol. The summed E-state index contributed by atoms with van der Waals surface area (Å²) in [6.07, 6.45) is 1.23. The third-order valence-corrected chi connectivity index (χ3v) is 2.62. The molecule has 0 bridgehead atoms. The fourth-order valence-electron chi connectivity index (χ4n) is 1.57. The summed E-state index contributed by atoms with van der Waals surface area (Å²) in [6.45, 7) is 2.88. The number of hydrogen-bond acceptors (Lipinski definition) is 3. The van der Waals surface area contributed by atoms with Gasteiger partial charge in [-0.3, -0.25) is 0 Å². The molecule has 0 saturated carbocycles. The summed E-state index contributed by atoms with van der Waals surface area (Å²) in [6, 6.07) is 5.63. The molecule has 1 heterocycles. The van der Waals surface area contributed by atoms with Gasteiger partial charge in [0.2, 0.25) is 0 Å². The predicted octanol–water partition coefficient (Wildman–Crippen LogP) is 1.72. The van der Waals surface area contributed by atoms with E-state index in [1.807, 2.05) is 19.1 Å². The molecule has 3 nitrogen and oxygen atoms in total. The second-order valence-electron chi connectivity index (χ2n) is 3.79. The molecule has 3 heteroatoms. The van der Waals surface area contributed by atoms with Crippen molar-refractivity contribution < 1.29 is 14.3 Å². The molecule has 0 amide bonds. The van der Waals surface area contributed by atoms with Crippen LogP contribution in [0.5, 0.6) is 0 Å². The van der Waals surface area contributed by atoms with Gasteiger partial charge in [-0.1, -0.05) is 6.07 Å². The number of carbonyl (C=O) groups is 1. The van der Waals surface area contributed by atoms with Crippen LogP contribution < -0.4 is 0 Å². The first-order valence-corrected chi connectivity index (χ1v) is 5.00. The lowest BCUT2D eigenvalue weighted by molar-refractivity contribution is 0.0600. The summed E-state index contributed by atoms with van der Waals surface area (Å²) < 4.78 is 9.86. The van der Waals surface area contributed by atoms with Crippen LogP contribution in [0.25, 0.3) is 0 Å². The van der Waals surface area contributed by atoms with Crippen molar-refractivity contribution in [1.29, 1.82) is 0 Å². The Morgan fingerprint density at radius 3 is 2.93 bits per heavy atom. The van der Waals surface area contributed by atoms with E-state index in [0.717, 1.165) is 13.0 Å². The third kappa shape index (κ3) is 2.36. The smallest absolute Gasteiger partial charge is 0.337 e. The Morgan fingerprint density at radius 1 is 1.60 bits per heavy atom. The van der Waals surface area contributed by atoms with Crippen LogP contribution in [0.2, 0.25) is 0 Å². The highest BCUT2D eigenvalue weighted by Gasteiger charge is 2.23. The molecule has 0 aliphatic carbocycles. The standard InChI is InChI=1S/C12H14O3/c1-8-3-4-9(12(13)14-2)5-10(8)6-11-7-15-11/h3-5,11H,6-7H2,1-2H3. The van der Waals surface area contributed by atoms with Crippen LogP contribution in [-0.4, -0.2) is 25.8 Å². The maximum Gasteiger partial charge on any atom is 0.337 e. The summed E-state index contributed by atoms with van der Waals surface area (Å²) >= 11 is 0. The molecule has 0 N–H and O–H groups in total. The van der Waals surface area contributed by atoms with Crippen molar-refractivity contribution in [2.75, 3.05) is 13.7 Å². The van der Waals surface area contributed by atoms with E-state index < -0.39 is 0 Å². The molecule has 1 unspecified atom stereocenters. The minimum atomic E-state index is -0.284. The van der Waals surface area contributed by atoms with E-state index in [9.17, 15) is 4.79 Å². The summed E-state index contributed by atoms with van der Waals surface area (Å²) in [5.41, 5.74) is 2.97. The maximum atomic E-state index is 11.3. The highest BCUT2D eigenvalue weighted by Crippen LogP contribution is 2.20. The van der Waals surface area contributed by atoms with Gasteiger partial charge < -0.3 is 9.47 Å². The number of carbonyl (C=O) groups excluding carboxylic acids is 1. The van der Waals surface area contributed by atoms with Gasteiger partial charge in [0, 0.05) is 6.42 Å². The Bertz CT molecular complexity index is 380. The maximum absolute atomic E-state index is 11.3. The molecule has 0 spiro atoms. The van der Waals surface area contributed by atoms with E-state index in [1.165, 1.54) is 18.2 Å². The van der Waals surface area contributed by atoms with Gasteiger partial charge in [0.1, 0.15) is 0 Å². The molecule has 1 aromatic carbocycles. The van der Waals surface area contributed by atoms with E-state index in [-0.39, 0.29) is 5.97 Å². The monoisotopic (exact) mass is 206 g/mol. The number of aryl methyl sites for hydroxylation is 1. The molecule has 1 aliphatic rings. The first-order valence-electron chi connectivity index (χ1n) is 5.00. The van der Waals surface area contributed by atoms with Gasteiger partial charge in [0.15, 0.2) is 0 Å². The minimum absolute atomic E-state index is 0.284. The van der Waals surface area contributed by atoms with E-state index in [4.69, 9.17) is 4.74 Å². The average molecular weight is 206 g/mol. The zero-order chi connectivity index (χ0) is 10.8. The number of methoxy groups -OCH3 is 1. The Labute approximate surface area is 89.0 Å². The van der Waals surface area contributed by atoms with E-state index >= 15 is 0 Å². The fraction of sp³-hybridized carbons (Fsp3) is 0.417. The van der Waals surface area contributed by atoms with Crippen LogP contribution in [0, 0.1) is 6.92 Å². The largest absolute Gasteiger partial charge is 0.465 e. The van der Waals surface area contributed by atoms with Crippen LogP contribution in [0.1, 0.15) is 21.5 Å². The van der Waals surface area contributed by atoms with Crippen LogP contribution >= 0.6 is 0 Å². The molecule has 0 radical (unpaired) electrons. The lowest BCUT2D eigenvalue weighted by atomic mass is 10.0. The number of ether oxygens (including phenoxy) is 2. The first-order chi connectivity index (χ1) is 7.20. The first kappa shape index (κ1) is 10.2. The number of hydrogen-bond donors (Lipinski definition) is 0. The van der Waals surface area contributed by atoms with E-state index in [1.54, 1.807) is 6.07 Å². The number of esters is 1. The molecule has 1 fully saturated rings. The van der Waals surface area contributed by atoms with Crippen LogP contribution in [-0.2, 0) is 15.9 Å². The van der Waals surface area contributed by atoms with Crippen molar-refractivity contribution in [2.45, 2.75) is 19.4 Å². The summed E-state index contributed by atoms with van der Waals surface area (Å²) in [4.78, 5) is 11.3. The van der Waals surface area contributed by atoms with Crippen molar-refractivity contribution in [2.24, 2.45) is 0 Å². The molecule has 1 saturated heterocycles. The van der Waals surface area contributed by atoms with Crippen LogP contribution in [0.15, 0.2) is 18.2 Å². The molecular weight excluding hydrogens is 192 g/mol. The molecule has 1 aliphatic heterocycles. The van der Waals surface area contributed by atoms with Gasteiger partial charge in [0.25, 0.3) is 0 Å². The summed E-state index contributed by atoms with van der Waals surface area (Å²) in [5.74, 6) is -0.284. The van der Waals surface area contributed by atoms with Gasteiger partial charge in [-0.05, 0) is 30.2 Å². The molecule has 0 aromatic heterocycles. The molecule has 80 valence electrons. The Kier molecular flexibility index (Phi) is 2.73. The lowest BCUT2D eigenvalue weighted by Crippen LogP contribution is -2.04. The molecule has 15 heavy (non-hydrogen) atoms. The van der Waals surface area contributed by atoms with E-state index in [0.29, 0.717) is 11.7 Å². The quantitative estimate of drug-likeness (QED) is 0.558. The van der Waals surface area contributed by atoms with Gasteiger partial charge in [-0.15, -0.1) is 0 Å². The topological polar surface area (TPSA) is 38.8 Å². The van der Waals surface area contributed by atoms with E-state index in [2.05, 4.69) is 4.74 Å². The minimum Gasteiger partial charge on any atom is -0.465 e. The van der Waals surface area contributed by atoms with Crippen molar-refractivity contribution in [1.82, 2.24) is 0 Å². The average Bonchev–Trinajstić information content (AvgIpc) is 3.04. The Hall–Kier alpha value is -1.35. The number of rotatable bonds is 3. The van der Waals surface area contributed by atoms with Crippen molar-refractivity contribution in [3.8, 4) is 0 Å². The number of benzene rings is 1. The molecule has 1 aromatic rings. The highest BCUT2D eigenvalue weighted by atomic mass is 16.6. The van der Waals surface area contributed by atoms with Crippen molar-refractivity contribution >= 4 is 5.97 Å². The van der Waals surface area contributed by atoms with Gasteiger partial charge >= 0.3 is 5.97 Å². The zero-order valence-electron chi connectivity index (χ0n) is 8.95. The van der Waals surface area contributed by atoms with Crippen LogP contribution in [0.3, 0.4) is 0 Å². The third-order valence-electron chi connectivity index (χ3n) is 2.62. The summed E-state index contributed by atoms with van der Waals surface area (Å²) in [7, 11) is 1.39. The van der Waals surface area contributed by atoms with Crippen molar-refractivity contribution in [3.63, 3.8) is 0 Å². The second kappa shape index (κ2) is 4.03. The zero-order valence-corrected chi connectivity index (χ0v) is 8.95. The summed E-state index contributed by atoms with van der Waals surface area (Å²) in [5, 5.41) is 0. The van der Waals surface area contributed by atoms with Gasteiger partial charge in [-0.25, -0.2) is 4.79 Å². The number of epoxide rings is 1. The van der Waals surface area contributed by atoms with Gasteiger partial charge in [-0.2, -0.15) is 0 Å². The lowest BCUT2D eigenvalue weighted by Gasteiger charge is -2.06. The molecular formula is C12H14O3. The van der Waals surface area contributed by atoms with Gasteiger partial charge in [0.05, 0.1) is 25.4 Å². The fourth-order valence-corrected chi connectivity index (χ4v) is 1.57.